The lowest BCUT2D eigenvalue weighted by atomic mass is 10.1. The van der Waals surface area contributed by atoms with E-state index in [1.54, 1.807) is 26.4 Å². The van der Waals surface area contributed by atoms with Crippen molar-refractivity contribution in [1.29, 1.82) is 0 Å². The van der Waals surface area contributed by atoms with Crippen molar-refractivity contribution < 1.29 is 9.84 Å². The lowest BCUT2D eigenvalue weighted by Gasteiger charge is -2.18. The van der Waals surface area contributed by atoms with Crippen molar-refractivity contribution >= 4 is 35.3 Å². The van der Waals surface area contributed by atoms with E-state index in [2.05, 4.69) is 20.3 Å². The van der Waals surface area contributed by atoms with Crippen molar-refractivity contribution in [1.82, 2.24) is 9.97 Å². The number of nitrogens with zero attached hydrogens (tertiary/aromatic N) is 3. The molecule has 2 unspecified atom stereocenters. The minimum absolute atomic E-state index is 0.0933. The molecule has 146 valence electrons. The molecule has 1 aliphatic carbocycles. The Morgan fingerprint density at radius 3 is 2.78 bits per heavy atom. The number of nitrogens with two attached hydrogens (primary N) is 1. The van der Waals surface area contributed by atoms with Gasteiger partial charge in [0.2, 0.25) is 5.95 Å². The summed E-state index contributed by atoms with van der Waals surface area (Å²) in [5.74, 6) is 1.45. The number of nitrogens with one attached hydrogen (secondary N) is 1. The Bertz CT molecular complexity index is 746. The summed E-state index contributed by atoms with van der Waals surface area (Å²) in [7, 11) is 3.27. The summed E-state index contributed by atoms with van der Waals surface area (Å²) in [6, 6.07) is 0.191. The van der Waals surface area contributed by atoms with Crippen molar-refractivity contribution in [2.75, 3.05) is 31.8 Å². The number of hydrogen-bond acceptors (Lipinski definition) is 7. The number of halogens is 1. The summed E-state index contributed by atoms with van der Waals surface area (Å²) < 4.78 is 5.51. The second-order valence-electron chi connectivity index (χ2n) is 6.21. The maximum absolute atomic E-state index is 9.35. The summed E-state index contributed by atoms with van der Waals surface area (Å²) in [6.07, 6.45) is 13.6. The van der Waals surface area contributed by atoms with Crippen molar-refractivity contribution in [3.8, 4) is 0 Å². The zero-order valence-electron chi connectivity index (χ0n) is 15.6. The number of methoxy groups -OCH3 is 1. The van der Waals surface area contributed by atoms with E-state index in [0.717, 1.165) is 19.3 Å². The molecule has 8 heteroatoms. The Hall–Kier alpha value is -2.38. The van der Waals surface area contributed by atoms with Gasteiger partial charge in [-0.25, -0.2) is 4.98 Å². The number of aliphatic imine (C=N–C) groups is 1. The molecule has 2 rings (SSSR count). The van der Waals surface area contributed by atoms with Crippen molar-refractivity contribution in [3.63, 3.8) is 0 Å². The first-order valence-corrected chi connectivity index (χ1v) is 9.17. The molecule has 0 aromatic carbocycles. The highest BCUT2D eigenvalue weighted by Gasteiger charge is 2.26. The van der Waals surface area contributed by atoms with Crippen LogP contribution in [0.2, 0.25) is 5.15 Å². The molecule has 1 aromatic heterocycles. The van der Waals surface area contributed by atoms with Crippen LogP contribution in [0.5, 0.6) is 0 Å². The second kappa shape index (κ2) is 10.7. The average Bonchev–Trinajstić information content (AvgIpc) is 3.09. The number of aliphatic hydroxyl groups excluding tert-OH is 1. The topological polar surface area (TPSA) is 106 Å². The molecule has 27 heavy (non-hydrogen) atoms. The highest BCUT2D eigenvalue weighted by Crippen LogP contribution is 2.33. The lowest BCUT2D eigenvalue weighted by Crippen LogP contribution is -2.19. The fraction of sp³-hybridized carbons (Fsp3) is 0.421. The highest BCUT2D eigenvalue weighted by molar-refractivity contribution is 6.31. The van der Waals surface area contributed by atoms with Crippen molar-refractivity contribution in [2.24, 2.45) is 10.9 Å². The third-order valence-corrected chi connectivity index (χ3v) is 4.58. The van der Waals surface area contributed by atoms with Crippen LogP contribution in [0.25, 0.3) is 5.76 Å². The number of rotatable bonds is 8. The molecule has 0 bridgehead atoms. The van der Waals surface area contributed by atoms with Crippen LogP contribution in [-0.2, 0) is 4.74 Å². The van der Waals surface area contributed by atoms with Crippen LogP contribution in [0.3, 0.4) is 0 Å². The maximum atomic E-state index is 9.35. The Balaban J connectivity index is 2.27. The molecule has 1 saturated carbocycles. The van der Waals surface area contributed by atoms with Crippen LogP contribution in [0.4, 0.5) is 11.8 Å². The zero-order chi connectivity index (χ0) is 19.6. The fourth-order valence-corrected chi connectivity index (χ4v) is 3.27. The first-order valence-electron chi connectivity index (χ1n) is 8.79. The molecule has 1 heterocycles. The van der Waals surface area contributed by atoms with E-state index in [-0.39, 0.29) is 23.8 Å². The van der Waals surface area contributed by atoms with E-state index in [0.29, 0.717) is 23.1 Å². The summed E-state index contributed by atoms with van der Waals surface area (Å²) >= 11 is 6.34. The molecule has 4 N–H and O–H groups in total. The number of aliphatic hydroxyl groups is 1. The van der Waals surface area contributed by atoms with Gasteiger partial charge in [0.1, 0.15) is 16.7 Å². The van der Waals surface area contributed by atoms with Gasteiger partial charge in [-0.15, -0.1) is 0 Å². The SMILES string of the molecule is CN=C\C=C/C=C/C=C(\OC)c1c(Cl)nc(N)nc1NC1CCC(CO)C1. The molecule has 0 saturated heterocycles. The van der Waals surface area contributed by atoms with Crippen LogP contribution in [0.15, 0.2) is 35.4 Å². The third-order valence-electron chi connectivity index (χ3n) is 4.30. The van der Waals surface area contributed by atoms with Crippen LogP contribution < -0.4 is 11.1 Å². The van der Waals surface area contributed by atoms with Gasteiger partial charge in [0, 0.05) is 25.9 Å². The summed E-state index contributed by atoms with van der Waals surface area (Å²) in [5.41, 5.74) is 6.34. The Kier molecular flexibility index (Phi) is 8.29. The van der Waals surface area contributed by atoms with Gasteiger partial charge in [-0.2, -0.15) is 4.98 Å². The minimum atomic E-state index is 0.0933. The third kappa shape index (κ3) is 6.08. The number of aromatic nitrogens is 2. The highest BCUT2D eigenvalue weighted by atomic mass is 35.5. The number of allylic oxidation sites excluding steroid dienone is 5. The Morgan fingerprint density at radius 1 is 1.33 bits per heavy atom. The standard InChI is InChI=1S/C19H26ClN5O2/c1-22-10-6-4-3-5-7-15(27-2)16-17(20)24-19(21)25-18(16)23-14-9-8-13(11-14)12-26/h3-7,10,13-14,26H,8-9,11-12H2,1-2H3,(H3,21,23,24,25)/b5-3+,6-4-,15-7-,22-10?. The van der Waals surface area contributed by atoms with Gasteiger partial charge in [0.25, 0.3) is 0 Å². The summed E-state index contributed by atoms with van der Waals surface area (Å²) in [4.78, 5) is 12.2. The molecule has 2 atom stereocenters. The van der Waals surface area contributed by atoms with Gasteiger partial charge in [0.15, 0.2) is 0 Å². The van der Waals surface area contributed by atoms with Gasteiger partial charge in [-0.05, 0) is 37.3 Å². The van der Waals surface area contributed by atoms with E-state index in [1.807, 2.05) is 24.3 Å². The molecule has 0 spiro atoms. The maximum Gasteiger partial charge on any atom is 0.223 e. The molecule has 1 aromatic rings. The van der Waals surface area contributed by atoms with Gasteiger partial charge < -0.3 is 20.9 Å². The van der Waals surface area contributed by atoms with Crippen molar-refractivity contribution in [3.05, 3.63) is 41.1 Å². The van der Waals surface area contributed by atoms with Gasteiger partial charge in [0.05, 0.1) is 12.7 Å². The fourth-order valence-electron chi connectivity index (χ4n) is 3.00. The van der Waals surface area contributed by atoms with Crippen LogP contribution >= 0.6 is 11.6 Å². The second-order valence-corrected chi connectivity index (χ2v) is 6.57. The van der Waals surface area contributed by atoms with Crippen LogP contribution in [0.1, 0.15) is 24.8 Å². The van der Waals surface area contributed by atoms with Gasteiger partial charge in [-0.3, -0.25) is 4.99 Å². The van der Waals surface area contributed by atoms with Crippen molar-refractivity contribution in [2.45, 2.75) is 25.3 Å². The van der Waals surface area contributed by atoms with Gasteiger partial charge >= 0.3 is 0 Å². The first-order chi connectivity index (χ1) is 13.1. The Labute approximate surface area is 164 Å². The minimum Gasteiger partial charge on any atom is -0.496 e. The number of anilines is 2. The van der Waals surface area contributed by atoms with E-state index >= 15 is 0 Å². The monoisotopic (exact) mass is 391 g/mol. The van der Waals surface area contributed by atoms with E-state index < -0.39 is 0 Å². The lowest BCUT2D eigenvalue weighted by molar-refractivity contribution is 0.229. The smallest absolute Gasteiger partial charge is 0.223 e. The van der Waals surface area contributed by atoms with Gasteiger partial charge in [-0.1, -0.05) is 29.8 Å². The number of hydrogen-bond donors (Lipinski definition) is 3. The predicted octanol–water partition coefficient (Wildman–Crippen LogP) is 3.09. The molecule has 0 aliphatic heterocycles. The molecular formula is C19H26ClN5O2. The molecule has 1 fully saturated rings. The summed E-state index contributed by atoms with van der Waals surface area (Å²) in [5, 5.41) is 13.0. The normalized spacial score (nSPS) is 21.0. The van der Waals surface area contributed by atoms with Crippen LogP contribution in [0, 0.1) is 5.92 Å². The largest absolute Gasteiger partial charge is 0.496 e. The molecule has 0 radical (unpaired) electrons. The number of ether oxygens (including phenoxy) is 1. The van der Waals surface area contributed by atoms with E-state index in [4.69, 9.17) is 22.1 Å². The zero-order valence-corrected chi connectivity index (χ0v) is 16.4. The predicted molar refractivity (Wildman–Crippen MR) is 111 cm³/mol. The quantitative estimate of drug-likeness (QED) is 0.272. The average molecular weight is 392 g/mol. The first kappa shape index (κ1) is 20.9. The van der Waals surface area contributed by atoms with E-state index in [1.165, 1.54) is 0 Å². The van der Waals surface area contributed by atoms with Crippen LogP contribution in [-0.4, -0.2) is 48.1 Å². The summed E-state index contributed by atoms with van der Waals surface area (Å²) in [6.45, 7) is 0.196. The Morgan fingerprint density at radius 2 is 2.11 bits per heavy atom. The molecular weight excluding hydrogens is 366 g/mol. The van der Waals surface area contributed by atoms with E-state index in [9.17, 15) is 5.11 Å². The number of nitrogen functional groups attached to an aromatic ring is 1. The molecule has 0 amide bonds. The molecule has 7 nitrogen and oxygen atoms in total. The molecule has 1 aliphatic rings.